The molecule has 1 spiro atoms. The molecule has 0 bridgehead atoms. The summed E-state index contributed by atoms with van der Waals surface area (Å²) in [6, 6.07) is 11.3. The quantitative estimate of drug-likeness (QED) is 0.900. The van der Waals surface area contributed by atoms with E-state index in [2.05, 4.69) is 47.6 Å². The number of hydrogen-bond acceptors (Lipinski definition) is 3. The van der Waals surface area contributed by atoms with Gasteiger partial charge in [0.2, 0.25) is 0 Å². The van der Waals surface area contributed by atoms with Crippen LogP contribution in [0.4, 0.5) is 0 Å². The molecule has 3 rings (SSSR count). The number of benzene rings is 1. The van der Waals surface area contributed by atoms with Gasteiger partial charge in [0.1, 0.15) is 0 Å². The van der Waals surface area contributed by atoms with Crippen molar-refractivity contribution in [2.75, 3.05) is 26.7 Å². The lowest BCUT2D eigenvalue weighted by Gasteiger charge is -2.33. The van der Waals surface area contributed by atoms with E-state index in [9.17, 15) is 0 Å². The molecule has 0 saturated carbocycles. The van der Waals surface area contributed by atoms with Crippen LogP contribution in [-0.4, -0.2) is 43.3 Å². The minimum absolute atomic E-state index is 0.168. The Balaban J connectivity index is 1.58. The zero-order valence-corrected chi connectivity index (χ0v) is 11.8. The molecule has 0 amide bonds. The van der Waals surface area contributed by atoms with Gasteiger partial charge in [-0.3, -0.25) is 4.90 Å². The van der Waals surface area contributed by atoms with Crippen molar-refractivity contribution in [2.24, 2.45) is 0 Å². The third kappa shape index (κ3) is 2.99. The molecule has 2 heterocycles. The van der Waals surface area contributed by atoms with E-state index in [0.717, 1.165) is 26.2 Å². The molecule has 19 heavy (non-hydrogen) atoms. The van der Waals surface area contributed by atoms with Crippen LogP contribution in [0.2, 0.25) is 0 Å². The molecule has 3 nitrogen and oxygen atoms in total. The molecule has 2 aliphatic rings. The number of hydrogen-bond donors (Lipinski definition) is 1. The highest BCUT2D eigenvalue weighted by Crippen LogP contribution is 2.35. The summed E-state index contributed by atoms with van der Waals surface area (Å²) in [5.74, 6) is 0. The largest absolute Gasteiger partial charge is 0.373 e. The van der Waals surface area contributed by atoms with Crippen molar-refractivity contribution >= 4 is 0 Å². The Morgan fingerprint density at radius 3 is 2.74 bits per heavy atom. The Morgan fingerprint density at radius 1 is 1.26 bits per heavy atom. The van der Waals surface area contributed by atoms with E-state index in [1.165, 1.54) is 24.8 Å². The maximum absolute atomic E-state index is 6.17. The van der Waals surface area contributed by atoms with Crippen LogP contribution in [0.25, 0.3) is 0 Å². The molecule has 1 aromatic rings. The third-order valence-corrected chi connectivity index (χ3v) is 4.60. The third-order valence-electron chi connectivity index (χ3n) is 4.60. The highest BCUT2D eigenvalue weighted by Gasteiger charge is 2.42. The molecule has 0 unspecified atom stereocenters. The highest BCUT2D eigenvalue weighted by atomic mass is 16.5. The van der Waals surface area contributed by atoms with Gasteiger partial charge >= 0.3 is 0 Å². The highest BCUT2D eigenvalue weighted by molar-refractivity contribution is 5.14. The van der Waals surface area contributed by atoms with Crippen molar-refractivity contribution < 1.29 is 4.74 Å². The van der Waals surface area contributed by atoms with E-state index in [1.807, 2.05) is 0 Å². The number of ether oxygens (including phenoxy) is 1. The van der Waals surface area contributed by atoms with Crippen molar-refractivity contribution in [2.45, 2.75) is 37.5 Å². The van der Waals surface area contributed by atoms with Crippen LogP contribution in [0, 0.1) is 0 Å². The second-order valence-electron chi connectivity index (χ2n) is 6.00. The van der Waals surface area contributed by atoms with Gasteiger partial charge in [-0.1, -0.05) is 30.3 Å². The lowest BCUT2D eigenvalue weighted by atomic mass is 9.88. The van der Waals surface area contributed by atoms with Crippen LogP contribution in [-0.2, 0) is 11.3 Å². The number of rotatable bonds is 3. The summed E-state index contributed by atoms with van der Waals surface area (Å²) in [6.45, 7) is 4.12. The minimum Gasteiger partial charge on any atom is -0.373 e. The van der Waals surface area contributed by atoms with Crippen molar-refractivity contribution in [3.05, 3.63) is 35.9 Å². The van der Waals surface area contributed by atoms with Crippen LogP contribution < -0.4 is 5.32 Å². The van der Waals surface area contributed by atoms with E-state index in [0.29, 0.717) is 6.04 Å². The number of nitrogens with zero attached hydrogens (tertiary/aromatic N) is 1. The first-order valence-electron chi connectivity index (χ1n) is 7.36. The average Bonchev–Trinajstić information content (AvgIpc) is 2.85. The lowest BCUT2D eigenvalue weighted by Crippen LogP contribution is -2.42. The molecule has 2 saturated heterocycles. The molecule has 2 fully saturated rings. The molecule has 0 aromatic heterocycles. The van der Waals surface area contributed by atoms with E-state index >= 15 is 0 Å². The van der Waals surface area contributed by atoms with Crippen LogP contribution in [0.15, 0.2) is 30.3 Å². The lowest BCUT2D eigenvalue weighted by molar-refractivity contribution is -0.0201. The van der Waals surface area contributed by atoms with Crippen LogP contribution in [0.1, 0.15) is 24.8 Å². The fourth-order valence-corrected chi connectivity index (χ4v) is 3.33. The Hall–Kier alpha value is -0.900. The van der Waals surface area contributed by atoms with E-state index in [4.69, 9.17) is 4.74 Å². The molecule has 104 valence electrons. The van der Waals surface area contributed by atoms with Gasteiger partial charge in [-0.05, 0) is 45.0 Å². The van der Waals surface area contributed by atoms with Crippen LogP contribution in [0.3, 0.4) is 0 Å². The van der Waals surface area contributed by atoms with E-state index < -0.39 is 0 Å². The molecule has 1 N–H and O–H groups in total. The van der Waals surface area contributed by atoms with E-state index in [-0.39, 0.29) is 5.60 Å². The second-order valence-corrected chi connectivity index (χ2v) is 6.00. The van der Waals surface area contributed by atoms with Crippen molar-refractivity contribution in [1.82, 2.24) is 10.2 Å². The minimum atomic E-state index is 0.168. The van der Waals surface area contributed by atoms with Crippen molar-refractivity contribution in [3.8, 4) is 0 Å². The van der Waals surface area contributed by atoms with Crippen molar-refractivity contribution in [1.29, 1.82) is 0 Å². The standard InChI is InChI=1S/C16H24N2O/c1-18(12-14-5-3-2-4-6-14)15-11-16(19-13-15)7-9-17-10-8-16/h2-6,15,17H,7-13H2,1H3/t15-/m0/s1. The predicted octanol–water partition coefficient (Wildman–Crippen LogP) is 2.03. The summed E-state index contributed by atoms with van der Waals surface area (Å²) in [6.07, 6.45) is 3.53. The Bertz CT molecular complexity index is 400. The molecule has 1 atom stereocenters. The Kier molecular flexibility index (Phi) is 3.87. The molecule has 0 aliphatic carbocycles. The maximum Gasteiger partial charge on any atom is 0.0723 e. The summed E-state index contributed by atoms with van der Waals surface area (Å²) < 4.78 is 6.17. The molecule has 1 aromatic carbocycles. The molecule has 2 aliphatic heterocycles. The first kappa shape index (κ1) is 13.1. The molecule has 0 radical (unpaired) electrons. The number of piperidine rings is 1. The van der Waals surface area contributed by atoms with Crippen LogP contribution >= 0.6 is 0 Å². The first-order valence-corrected chi connectivity index (χ1v) is 7.36. The molecule has 3 heteroatoms. The van der Waals surface area contributed by atoms with Gasteiger partial charge in [-0.25, -0.2) is 0 Å². The van der Waals surface area contributed by atoms with Gasteiger partial charge in [-0.15, -0.1) is 0 Å². The summed E-state index contributed by atoms with van der Waals surface area (Å²) in [5.41, 5.74) is 1.55. The predicted molar refractivity (Wildman–Crippen MR) is 77.1 cm³/mol. The second kappa shape index (κ2) is 5.61. The average molecular weight is 260 g/mol. The smallest absolute Gasteiger partial charge is 0.0723 e. The molecular formula is C16H24N2O. The van der Waals surface area contributed by atoms with Gasteiger partial charge in [0.15, 0.2) is 0 Å². The van der Waals surface area contributed by atoms with Gasteiger partial charge in [0, 0.05) is 12.6 Å². The zero-order chi connectivity index (χ0) is 13.1. The number of likely N-dealkylation sites (N-methyl/N-ethyl adjacent to an activating group) is 1. The van der Waals surface area contributed by atoms with Gasteiger partial charge in [0.25, 0.3) is 0 Å². The Labute approximate surface area is 115 Å². The summed E-state index contributed by atoms with van der Waals surface area (Å²) >= 11 is 0. The zero-order valence-electron chi connectivity index (χ0n) is 11.8. The summed E-state index contributed by atoms with van der Waals surface area (Å²) in [4.78, 5) is 2.45. The van der Waals surface area contributed by atoms with E-state index in [1.54, 1.807) is 0 Å². The fraction of sp³-hybridized carbons (Fsp3) is 0.625. The molecular weight excluding hydrogens is 236 g/mol. The monoisotopic (exact) mass is 260 g/mol. The maximum atomic E-state index is 6.17. The van der Waals surface area contributed by atoms with Crippen molar-refractivity contribution in [3.63, 3.8) is 0 Å². The Morgan fingerprint density at radius 2 is 2.00 bits per heavy atom. The van der Waals surface area contributed by atoms with Crippen LogP contribution in [0.5, 0.6) is 0 Å². The van der Waals surface area contributed by atoms with Gasteiger partial charge < -0.3 is 10.1 Å². The first-order chi connectivity index (χ1) is 9.27. The topological polar surface area (TPSA) is 24.5 Å². The van der Waals surface area contributed by atoms with Gasteiger partial charge in [0.05, 0.1) is 12.2 Å². The SMILES string of the molecule is CN(Cc1ccccc1)[C@@H]1COC2(CCNCC2)C1. The normalized spacial score (nSPS) is 26.1. The summed E-state index contributed by atoms with van der Waals surface area (Å²) in [5, 5.41) is 3.43. The number of nitrogens with one attached hydrogen (secondary N) is 1. The van der Waals surface area contributed by atoms with Gasteiger partial charge in [-0.2, -0.15) is 0 Å². The summed E-state index contributed by atoms with van der Waals surface area (Å²) in [7, 11) is 2.22. The fourth-order valence-electron chi connectivity index (χ4n) is 3.33.